The van der Waals surface area contributed by atoms with E-state index in [9.17, 15) is 4.79 Å². The Labute approximate surface area is 115 Å². The minimum atomic E-state index is -0.904. The summed E-state index contributed by atoms with van der Waals surface area (Å²) in [4.78, 5) is 10.8. The van der Waals surface area contributed by atoms with Gasteiger partial charge in [0, 0.05) is 16.7 Å². The van der Waals surface area contributed by atoms with Gasteiger partial charge in [0.05, 0.1) is 5.56 Å². The smallest absolute Gasteiger partial charge is 0.335 e. The number of carboxylic acids is 1. The molecule has 0 radical (unpaired) electrons. The molecule has 1 aliphatic rings. The summed E-state index contributed by atoms with van der Waals surface area (Å²) in [5.41, 5.74) is 2.77. The fraction of sp³-hybridized carbons (Fsp3) is 0.357. The molecule has 0 saturated heterocycles. The van der Waals surface area contributed by atoms with Gasteiger partial charge < -0.3 is 10.4 Å². The van der Waals surface area contributed by atoms with Crippen molar-refractivity contribution in [1.29, 1.82) is 0 Å². The van der Waals surface area contributed by atoms with Crippen molar-refractivity contribution in [2.45, 2.75) is 25.7 Å². The number of rotatable bonds is 5. The van der Waals surface area contributed by atoms with Crippen molar-refractivity contribution >= 4 is 27.6 Å². The first kappa shape index (κ1) is 13.1. The van der Waals surface area contributed by atoms with Crippen LogP contribution < -0.4 is 5.32 Å². The van der Waals surface area contributed by atoms with Gasteiger partial charge in [-0.15, -0.1) is 0 Å². The highest BCUT2D eigenvalue weighted by Crippen LogP contribution is 2.25. The second-order valence-electron chi connectivity index (χ2n) is 4.43. The first-order valence-corrected chi connectivity index (χ1v) is 6.91. The lowest BCUT2D eigenvalue weighted by Gasteiger charge is -2.09. The molecule has 0 fully saturated rings. The molecule has 1 aliphatic carbocycles. The Morgan fingerprint density at radius 2 is 2.28 bits per heavy atom. The van der Waals surface area contributed by atoms with Crippen LogP contribution in [-0.4, -0.2) is 17.6 Å². The van der Waals surface area contributed by atoms with Gasteiger partial charge in [-0.3, -0.25) is 0 Å². The predicted molar refractivity (Wildman–Crippen MR) is 76.1 cm³/mol. The van der Waals surface area contributed by atoms with E-state index in [0.29, 0.717) is 5.56 Å². The molecule has 1 aromatic rings. The van der Waals surface area contributed by atoms with Crippen molar-refractivity contribution in [3.63, 3.8) is 0 Å². The third-order valence-corrected chi connectivity index (χ3v) is 3.77. The second kappa shape index (κ2) is 6.05. The van der Waals surface area contributed by atoms with Crippen LogP contribution in [0.3, 0.4) is 0 Å². The molecule has 0 aromatic heterocycles. The Bertz CT molecular complexity index is 483. The number of carboxylic acid groups (broad SMARTS) is 1. The van der Waals surface area contributed by atoms with Crippen LogP contribution in [0.25, 0.3) is 0 Å². The van der Waals surface area contributed by atoms with Gasteiger partial charge in [0.25, 0.3) is 0 Å². The quantitative estimate of drug-likeness (QED) is 0.806. The molecular formula is C14H16BrNO2. The molecule has 0 aliphatic heterocycles. The minimum absolute atomic E-state index is 0.297. The highest BCUT2D eigenvalue weighted by molar-refractivity contribution is 9.10. The van der Waals surface area contributed by atoms with E-state index in [1.54, 1.807) is 18.2 Å². The molecule has 0 unspecified atom stereocenters. The van der Waals surface area contributed by atoms with Crippen LogP contribution in [0.5, 0.6) is 0 Å². The first-order chi connectivity index (χ1) is 8.66. The van der Waals surface area contributed by atoms with Gasteiger partial charge in [-0.25, -0.2) is 4.79 Å². The lowest BCUT2D eigenvalue weighted by molar-refractivity contribution is 0.0697. The van der Waals surface area contributed by atoms with E-state index in [0.717, 1.165) is 23.1 Å². The Morgan fingerprint density at radius 1 is 1.44 bits per heavy atom. The summed E-state index contributed by atoms with van der Waals surface area (Å²) in [5, 5.41) is 12.2. The standard InChI is InChI=1S/C14H16BrNO2/c15-12-9-11(14(17)18)5-6-13(12)16-8-7-10-3-1-2-4-10/h3,5-6,9,16H,1-2,4,7-8H2,(H,17,18). The molecule has 0 saturated carbocycles. The number of anilines is 1. The minimum Gasteiger partial charge on any atom is -0.478 e. The van der Waals surface area contributed by atoms with Crippen LogP contribution in [0, 0.1) is 0 Å². The Balaban J connectivity index is 1.91. The summed E-state index contributed by atoms with van der Waals surface area (Å²) in [6, 6.07) is 5.04. The van der Waals surface area contributed by atoms with Crippen LogP contribution >= 0.6 is 15.9 Å². The number of carbonyl (C=O) groups is 1. The van der Waals surface area contributed by atoms with Crippen molar-refractivity contribution in [2.75, 3.05) is 11.9 Å². The fourth-order valence-electron chi connectivity index (χ4n) is 2.11. The molecule has 0 heterocycles. The molecule has 0 spiro atoms. The maximum atomic E-state index is 10.8. The summed E-state index contributed by atoms with van der Waals surface area (Å²) >= 11 is 3.39. The summed E-state index contributed by atoms with van der Waals surface area (Å²) in [6.07, 6.45) is 7.11. The number of aromatic carboxylic acids is 1. The van der Waals surface area contributed by atoms with Crippen molar-refractivity contribution in [3.8, 4) is 0 Å². The average molecular weight is 310 g/mol. The van der Waals surface area contributed by atoms with E-state index in [2.05, 4.69) is 27.3 Å². The topological polar surface area (TPSA) is 49.3 Å². The predicted octanol–water partition coefficient (Wildman–Crippen LogP) is 4.06. The van der Waals surface area contributed by atoms with Crippen molar-refractivity contribution < 1.29 is 9.90 Å². The van der Waals surface area contributed by atoms with Gasteiger partial charge in [-0.05, 0) is 59.8 Å². The molecule has 0 bridgehead atoms. The number of nitrogens with one attached hydrogen (secondary N) is 1. The van der Waals surface area contributed by atoms with E-state index in [4.69, 9.17) is 5.11 Å². The SMILES string of the molecule is O=C(O)c1ccc(NCCC2=CCCC2)c(Br)c1. The van der Waals surface area contributed by atoms with E-state index in [1.807, 2.05) is 0 Å². The lowest BCUT2D eigenvalue weighted by Crippen LogP contribution is -2.04. The molecule has 3 nitrogen and oxygen atoms in total. The zero-order valence-electron chi connectivity index (χ0n) is 10.1. The number of halogens is 1. The molecular weight excluding hydrogens is 294 g/mol. The van der Waals surface area contributed by atoms with E-state index < -0.39 is 5.97 Å². The van der Waals surface area contributed by atoms with Crippen LogP contribution in [0.1, 0.15) is 36.0 Å². The van der Waals surface area contributed by atoms with Crippen molar-refractivity contribution in [2.24, 2.45) is 0 Å². The van der Waals surface area contributed by atoms with Gasteiger partial charge in [0.15, 0.2) is 0 Å². The monoisotopic (exact) mass is 309 g/mol. The summed E-state index contributed by atoms with van der Waals surface area (Å²) in [6.45, 7) is 0.886. The maximum absolute atomic E-state index is 10.8. The fourth-order valence-corrected chi connectivity index (χ4v) is 2.63. The van der Waals surface area contributed by atoms with Gasteiger partial charge >= 0.3 is 5.97 Å². The lowest BCUT2D eigenvalue weighted by atomic mass is 10.1. The third-order valence-electron chi connectivity index (χ3n) is 3.11. The summed E-state index contributed by atoms with van der Waals surface area (Å²) in [7, 11) is 0. The molecule has 0 atom stereocenters. The Morgan fingerprint density at radius 3 is 2.89 bits per heavy atom. The normalized spacial score (nSPS) is 14.4. The van der Waals surface area contributed by atoms with Crippen molar-refractivity contribution in [3.05, 3.63) is 39.9 Å². The summed E-state index contributed by atoms with van der Waals surface area (Å²) in [5.74, 6) is -0.904. The molecule has 18 heavy (non-hydrogen) atoms. The Kier molecular flexibility index (Phi) is 4.42. The van der Waals surface area contributed by atoms with Crippen LogP contribution in [-0.2, 0) is 0 Å². The van der Waals surface area contributed by atoms with Crippen LogP contribution in [0.4, 0.5) is 5.69 Å². The molecule has 4 heteroatoms. The molecule has 2 N–H and O–H groups in total. The van der Waals surface area contributed by atoms with Gasteiger partial charge in [0.2, 0.25) is 0 Å². The molecule has 1 aromatic carbocycles. The van der Waals surface area contributed by atoms with Crippen LogP contribution in [0.15, 0.2) is 34.3 Å². The second-order valence-corrected chi connectivity index (χ2v) is 5.29. The van der Waals surface area contributed by atoms with Crippen molar-refractivity contribution in [1.82, 2.24) is 0 Å². The molecule has 96 valence electrons. The largest absolute Gasteiger partial charge is 0.478 e. The molecule has 0 amide bonds. The van der Waals surface area contributed by atoms with Gasteiger partial charge in [-0.2, -0.15) is 0 Å². The maximum Gasteiger partial charge on any atom is 0.335 e. The van der Waals surface area contributed by atoms with Crippen LogP contribution in [0.2, 0.25) is 0 Å². The van der Waals surface area contributed by atoms with Gasteiger partial charge in [0.1, 0.15) is 0 Å². The molecule has 2 rings (SSSR count). The van der Waals surface area contributed by atoms with E-state index in [1.165, 1.54) is 24.8 Å². The average Bonchev–Trinajstić information content (AvgIpc) is 2.84. The van der Waals surface area contributed by atoms with E-state index in [-0.39, 0.29) is 0 Å². The highest BCUT2D eigenvalue weighted by Gasteiger charge is 2.07. The first-order valence-electron chi connectivity index (χ1n) is 6.11. The zero-order chi connectivity index (χ0) is 13.0. The van der Waals surface area contributed by atoms with E-state index >= 15 is 0 Å². The zero-order valence-corrected chi connectivity index (χ0v) is 11.7. The number of allylic oxidation sites excluding steroid dienone is 1. The number of hydrogen-bond acceptors (Lipinski definition) is 2. The summed E-state index contributed by atoms with van der Waals surface area (Å²) < 4.78 is 0.794. The third kappa shape index (κ3) is 3.35. The highest BCUT2D eigenvalue weighted by atomic mass is 79.9. The number of benzene rings is 1. The Hall–Kier alpha value is -1.29. The number of hydrogen-bond donors (Lipinski definition) is 2. The van der Waals surface area contributed by atoms with Gasteiger partial charge in [-0.1, -0.05) is 11.6 Å².